The Bertz CT molecular complexity index is 622. The minimum Gasteiger partial charge on any atom is -0.464 e. The number of halogens is 1. The van der Waals surface area contributed by atoms with Gasteiger partial charge < -0.3 is 4.74 Å². The highest BCUT2D eigenvalue weighted by atomic mass is 32.2. The fourth-order valence-corrected chi connectivity index (χ4v) is 2.08. The zero-order chi connectivity index (χ0) is 13.5. The zero-order valence-electron chi connectivity index (χ0n) is 10.3. The second-order valence-electron chi connectivity index (χ2n) is 3.44. The SMILES string of the molecule is CC#CCOc1cc(Sc2ccccc2F)ncn1. The molecule has 0 fully saturated rings. The van der Waals surface area contributed by atoms with Crippen molar-refractivity contribution in [2.75, 3.05) is 6.61 Å². The Hall–Kier alpha value is -2.06. The number of aromatic nitrogens is 2. The van der Waals surface area contributed by atoms with Gasteiger partial charge >= 0.3 is 0 Å². The van der Waals surface area contributed by atoms with Gasteiger partial charge in [-0.15, -0.1) is 5.92 Å². The normalized spacial score (nSPS) is 9.58. The van der Waals surface area contributed by atoms with Crippen LogP contribution in [0.3, 0.4) is 0 Å². The molecule has 0 saturated heterocycles. The molecule has 0 aliphatic carbocycles. The van der Waals surface area contributed by atoms with Crippen LogP contribution >= 0.6 is 11.8 Å². The summed E-state index contributed by atoms with van der Waals surface area (Å²) >= 11 is 1.23. The van der Waals surface area contributed by atoms with Crippen molar-refractivity contribution in [3.63, 3.8) is 0 Å². The molecular weight excluding hydrogens is 263 g/mol. The number of hydrogen-bond donors (Lipinski definition) is 0. The topological polar surface area (TPSA) is 35.0 Å². The number of rotatable bonds is 4. The molecular formula is C14H11FN2OS. The van der Waals surface area contributed by atoms with Crippen LogP contribution in [0.2, 0.25) is 0 Å². The lowest BCUT2D eigenvalue weighted by Gasteiger charge is -2.04. The van der Waals surface area contributed by atoms with Crippen molar-refractivity contribution in [2.45, 2.75) is 16.8 Å². The van der Waals surface area contributed by atoms with Gasteiger partial charge in [0.1, 0.15) is 17.2 Å². The van der Waals surface area contributed by atoms with Gasteiger partial charge in [-0.05, 0) is 19.1 Å². The summed E-state index contributed by atoms with van der Waals surface area (Å²) in [6.07, 6.45) is 1.39. The summed E-state index contributed by atoms with van der Waals surface area (Å²) in [6.45, 7) is 2.01. The van der Waals surface area contributed by atoms with Crippen LogP contribution in [0, 0.1) is 17.7 Å². The molecule has 0 aliphatic rings. The third-order valence-electron chi connectivity index (χ3n) is 2.14. The van der Waals surface area contributed by atoms with Gasteiger partial charge in [0.25, 0.3) is 0 Å². The molecule has 5 heteroatoms. The Kier molecular flexibility index (Phi) is 4.76. The van der Waals surface area contributed by atoms with E-state index in [4.69, 9.17) is 4.74 Å². The molecule has 2 aromatic rings. The van der Waals surface area contributed by atoms with Gasteiger partial charge in [-0.2, -0.15) is 0 Å². The van der Waals surface area contributed by atoms with Gasteiger partial charge in [0.15, 0.2) is 6.61 Å². The van der Waals surface area contributed by atoms with Crippen LogP contribution in [0.25, 0.3) is 0 Å². The smallest absolute Gasteiger partial charge is 0.218 e. The maximum Gasteiger partial charge on any atom is 0.218 e. The molecule has 0 aliphatic heterocycles. The Labute approximate surface area is 115 Å². The first-order chi connectivity index (χ1) is 9.29. The quantitative estimate of drug-likeness (QED) is 0.633. The van der Waals surface area contributed by atoms with Crippen molar-refractivity contribution in [3.8, 4) is 17.7 Å². The molecule has 96 valence electrons. The summed E-state index contributed by atoms with van der Waals surface area (Å²) in [5, 5.41) is 0.625. The van der Waals surface area contributed by atoms with E-state index >= 15 is 0 Å². The largest absolute Gasteiger partial charge is 0.464 e. The van der Waals surface area contributed by atoms with E-state index in [2.05, 4.69) is 21.8 Å². The maximum atomic E-state index is 13.5. The summed E-state index contributed by atoms with van der Waals surface area (Å²) < 4.78 is 18.8. The van der Waals surface area contributed by atoms with Crippen LogP contribution in [-0.4, -0.2) is 16.6 Å². The van der Waals surface area contributed by atoms with Crippen molar-refractivity contribution in [1.82, 2.24) is 9.97 Å². The standard InChI is InChI=1S/C14H11FN2OS/c1-2-3-8-18-13-9-14(17-10-16-13)19-12-7-5-4-6-11(12)15/h4-7,9-10H,8H2,1H3. The minimum atomic E-state index is -0.273. The van der Waals surface area contributed by atoms with Crippen LogP contribution in [-0.2, 0) is 0 Å². The van der Waals surface area contributed by atoms with Crippen molar-refractivity contribution < 1.29 is 9.13 Å². The van der Waals surface area contributed by atoms with Gasteiger partial charge in [-0.25, -0.2) is 14.4 Å². The second kappa shape index (κ2) is 6.76. The van der Waals surface area contributed by atoms with E-state index in [-0.39, 0.29) is 12.4 Å². The van der Waals surface area contributed by atoms with Gasteiger partial charge in [0, 0.05) is 11.0 Å². The van der Waals surface area contributed by atoms with E-state index in [1.165, 1.54) is 24.2 Å². The fourth-order valence-electron chi connectivity index (χ4n) is 1.28. The number of ether oxygens (including phenoxy) is 1. The molecule has 0 atom stereocenters. The molecule has 0 amide bonds. The molecule has 1 heterocycles. The zero-order valence-corrected chi connectivity index (χ0v) is 11.1. The van der Waals surface area contributed by atoms with Crippen LogP contribution < -0.4 is 4.74 Å². The maximum absolute atomic E-state index is 13.5. The Morgan fingerprint density at radius 3 is 2.95 bits per heavy atom. The van der Waals surface area contributed by atoms with E-state index in [9.17, 15) is 4.39 Å². The highest BCUT2D eigenvalue weighted by molar-refractivity contribution is 7.99. The molecule has 2 rings (SSSR count). The van der Waals surface area contributed by atoms with Gasteiger partial charge in [-0.1, -0.05) is 29.8 Å². The molecule has 1 aromatic heterocycles. The summed E-state index contributed by atoms with van der Waals surface area (Å²) in [5.41, 5.74) is 0. The van der Waals surface area contributed by atoms with Gasteiger partial charge in [-0.3, -0.25) is 0 Å². The van der Waals surface area contributed by atoms with Crippen molar-refractivity contribution in [1.29, 1.82) is 0 Å². The average molecular weight is 274 g/mol. The molecule has 19 heavy (non-hydrogen) atoms. The third-order valence-corrected chi connectivity index (χ3v) is 3.12. The molecule has 0 bridgehead atoms. The average Bonchev–Trinajstić information content (AvgIpc) is 2.42. The highest BCUT2D eigenvalue weighted by Gasteiger charge is 2.05. The van der Waals surface area contributed by atoms with Gasteiger partial charge in [0.05, 0.1) is 0 Å². The molecule has 0 unspecified atom stereocenters. The minimum absolute atomic E-state index is 0.273. The van der Waals surface area contributed by atoms with E-state index in [0.717, 1.165) is 0 Å². The summed E-state index contributed by atoms with van der Waals surface area (Å²) in [5.74, 6) is 5.66. The number of benzene rings is 1. The van der Waals surface area contributed by atoms with E-state index in [1.54, 1.807) is 31.2 Å². The number of nitrogens with zero attached hydrogens (tertiary/aromatic N) is 2. The third kappa shape index (κ3) is 3.97. The van der Waals surface area contributed by atoms with Crippen molar-refractivity contribution in [3.05, 3.63) is 42.5 Å². The Morgan fingerprint density at radius 1 is 1.32 bits per heavy atom. The predicted octanol–water partition coefficient (Wildman–Crippen LogP) is 3.17. The molecule has 0 radical (unpaired) electrons. The second-order valence-corrected chi connectivity index (χ2v) is 4.50. The van der Waals surface area contributed by atoms with Gasteiger partial charge in [0.2, 0.25) is 5.88 Å². The molecule has 3 nitrogen and oxygen atoms in total. The van der Waals surface area contributed by atoms with Crippen LogP contribution in [0.4, 0.5) is 4.39 Å². The first-order valence-electron chi connectivity index (χ1n) is 5.56. The molecule has 1 aromatic carbocycles. The van der Waals surface area contributed by atoms with E-state index in [0.29, 0.717) is 15.8 Å². The van der Waals surface area contributed by atoms with E-state index < -0.39 is 0 Å². The lowest BCUT2D eigenvalue weighted by atomic mass is 10.3. The summed E-state index contributed by atoms with van der Waals surface area (Å²) in [7, 11) is 0. The monoisotopic (exact) mass is 274 g/mol. The van der Waals surface area contributed by atoms with Crippen molar-refractivity contribution in [2.24, 2.45) is 0 Å². The fraction of sp³-hybridized carbons (Fsp3) is 0.143. The van der Waals surface area contributed by atoms with Crippen molar-refractivity contribution >= 4 is 11.8 Å². The molecule has 0 N–H and O–H groups in total. The van der Waals surface area contributed by atoms with E-state index in [1.807, 2.05) is 0 Å². The lowest BCUT2D eigenvalue weighted by molar-refractivity contribution is 0.353. The first-order valence-corrected chi connectivity index (χ1v) is 6.38. The highest BCUT2D eigenvalue weighted by Crippen LogP contribution is 2.29. The Morgan fingerprint density at radius 2 is 2.16 bits per heavy atom. The number of hydrogen-bond acceptors (Lipinski definition) is 4. The lowest BCUT2D eigenvalue weighted by Crippen LogP contribution is -1.97. The summed E-state index contributed by atoms with van der Waals surface area (Å²) in [4.78, 5) is 8.55. The Balaban J connectivity index is 2.10. The molecule has 0 spiro atoms. The van der Waals surface area contributed by atoms with Crippen LogP contribution in [0.15, 0.2) is 46.6 Å². The van der Waals surface area contributed by atoms with Crippen LogP contribution in [0.5, 0.6) is 5.88 Å². The first kappa shape index (κ1) is 13.4. The summed E-state index contributed by atoms with van der Waals surface area (Å²) in [6, 6.07) is 8.20. The molecule has 0 saturated carbocycles. The van der Waals surface area contributed by atoms with Crippen LogP contribution in [0.1, 0.15) is 6.92 Å². The predicted molar refractivity (Wildman–Crippen MR) is 71.5 cm³/mol.